The van der Waals surface area contributed by atoms with E-state index in [1.54, 1.807) is 0 Å². The fraction of sp³-hybridized carbons (Fsp3) is 0.800. The third-order valence-electron chi connectivity index (χ3n) is 0. The Kier molecular flexibility index (Phi) is 10.1. The summed E-state index contributed by atoms with van der Waals surface area (Å²) in [6.45, 7) is 1.08. The van der Waals surface area contributed by atoms with Gasteiger partial charge >= 0.3 is 34.6 Å². The van der Waals surface area contributed by atoms with Gasteiger partial charge in [0.2, 0.25) is 0 Å². The first-order valence-electron chi connectivity index (χ1n) is 2.43. The van der Waals surface area contributed by atoms with Gasteiger partial charge in [0.05, 0.1) is 0 Å². The minimum atomic E-state index is -0.833. The summed E-state index contributed by atoms with van der Waals surface area (Å²) in [7, 11) is 0. The third-order valence-corrected chi connectivity index (χ3v) is 0. The molecule has 0 aromatic rings. The molecule has 0 heterocycles. The number of rotatable bonds is 0. The Morgan fingerprint density at radius 2 is 1.38 bits per heavy atom. The van der Waals surface area contributed by atoms with Gasteiger partial charge in [-0.25, -0.2) is 0 Å². The molecule has 8 heavy (non-hydrogen) atoms. The molecule has 0 aromatic heterocycles. The summed E-state index contributed by atoms with van der Waals surface area (Å²) in [4.78, 5) is 16.1. The zero-order valence-corrected chi connectivity index (χ0v) is 8.71. The van der Waals surface area contributed by atoms with Gasteiger partial charge in [0.15, 0.2) is 0 Å². The van der Waals surface area contributed by atoms with Crippen LogP contribution in [0, 0.1) is 0 Å². The predicted molar refractivity (Wildman–Crippen MR) is 36.7 cm³/mol. The van der Waals surface area contributed by atoms with Crippen LogP contribution in [0.1, 0.15) is 6.92 Å². The van der Waals surface area contributed by atoms with E-state index in [4.69, 9.17) is 9.90 Å². The third kappa shape index (κ3) is 2410. The fourth-order valence-corrected chi connectivity index (χ4v) is 0. The van der Waals surface area contributed by atoms with Gasteiger partial charge < -0.3 is 5.11 Å². The predicted octanol–water partition coefficient (Wildman–Crippen LogP) is 1.46. The summed E-state index contributed by atoms with van der Waals surface area (Å²) in [5, 5.41) is 7.42. The number of carboxylic acid groups (broad SMARTS) is 1. The molecule has 0 aliphatic carbocycles. The zero-order chi connectivity index (χ0) is 7.15. The molecule has 0 fully saturated rings. The molecular weight excluding hydrogens is 211 g/mol. The molecule has 0 rings (SSSR count). The second-order valence-electron chi connectivity index (χ2n) is 2.02. The van der Waals surface area contributed by atoms with E-state index in [9.17, 15) is 0 Å². The molecule has 3 heteroatoms. The molecule has 49 valence electrons. The maximum absolute atomic E-state index is 9.00. The van der Waals surface area contributed by atoms with Crippen molar-refractivity contribution in [3.63, 3.8) is 0 Å². The van der Waals surface area contributed by atoms with Gasteiger partial charge in [-0.05, 0) is 0 Å². The first kappa shape index (κ1) is 11.1. The van der Waals surface area contributed by atoms with Crippen LogP contribution in [0.15, 0.2) is 0 Å². The Labute approximate surface area is 57.6 Å². The van der Waals surface area contributed by atoms with Crippen molar-refractivity contribution >= 4 is 25.7 Å². The van der Waals surface area contributed by atoms with E-state index in [2.05, 4.69) is 14.8 Å². The Bertz CT molecular complexity index is 54.7. The Hall–Kier alpha value is 0.269. The van der Waals surface area contributed by atoms with E-state index in [1.807, 2.05) is 0 Å². The molecule has 0 aliphatic rings. The molecule has 0 aromatic carbocycles. The summed E-state index contributed by atoms with van der Waals surface area (Å²) >= 11 is -0.543. The summed E-state index contributed by atoms with van der Waals surface area (Å²) in [6, 6.07) is 0. The van der Waals surface area contributed by atoms with Crippen LogP contribution in [0.5, 0.6) is 0 Å². The van der Waals surface area contributed by atoms with Crippen LogP contribution in [0.25, 0.3) is 0 Å². The second kappa shape index (κ2) is 7.27. The van der Waals surface area contributed by atoms with E-state index >= 15 is 0 Å². The molecule has 2 nitrogen and oxygen atoms in total. The monoisotopic (exact) mass is 225 g/mol. The van der Waals surface area contributed by atoms with Gasteiger partial charge in [-0.1, -0.05) is 0 Å². The van der Waals surface area contributed by atoms with E-state index in [0.29, 0.717) is 0 Å². The molecule has 0 unspecified atom stereocenters. The van der Waals surface area contributed by atoms with Crippen LogP contribution >= 0.6 is 0 Å². The quantitative estimate of drug-likeness (QED) is 0.632. The van der Waals surface area contributed by atoms with Crippen LogP contribution in [-0.2, 0) is 4.79 Å². The molecule has 0 saturated carbocycles. The maximum atomic E-state index is 9.00. The number of aliphatic carboxylic acids is 1. The standard InChI is InChI=1S/C2H4O2.3CH3.Sn/c1-2(3)4;;;;/h1H3,(H,3,4);3*1H3;. The number of hydrogen-bond donors (Lipinski definition) is 1. The van der Waals surface area contributed by atoms with Gasteiger partial charge in [-0.2, -0.15) is 0 Å². The molecule has 1 radical (unpaired) electrons. The van der Waals surface area contributed by atoms with Crippen molar-refractivity contribution in [3.8, 4) is 0 Å². The summed E-state index contributed by atoms with van der Waals surface area (Å²) in [6.07, 6.45) is 0. The molecule has 0 saturated heterocycles. The zero-order valence-electron chi connectivity index (χ0n) is 5.86. The normalized spacial score (nSPS) is 7.62. The van der Waals surface area contributed by atoms with Crippen molar-refractivity contribution in [3.05, 3.63) is 0 Å². The van der Waals surface area contributed by atoms with Crippen LogP contribution in [-0.4, -0.2) is 30.8 Å². The van der Waals surface area contributed by atoms with Crippen LogP contribution in [0.3, 0.4) is 0 Å². The van der Waals surface area contributed by atoms with Crippen molar-refractivity contribution in [2.75, 3.05) is 0 Å². The van der Waals surface area contributed by atoms with Crippen molar-refractivity contribution < 1.29 is 9.90 Å². The van der Waals surface area contributed by atoms with Crippen LogP contribution < -0.4 is 0 Å². The first-order chi connectivity index (χ1) is 3.46. The van der Waals surface area contributed by atoms with E-state index in [0.717, 1.165) is 6.92 Å². The Morgan fingerprint density at radius 3 is 1.38 bits per heavy atom. The average Bonchev–Trinajstić information content (AvgIpc) is 1.25. The van der Waals surface area contributed by atoms with Gasteiger partial charge in [-0.3, -0.25) is 4.79 Å². The molecule has 1 N–H and O–H groups in total. The van der Waals surface area contributed by atoms with Crippen LogP contribution in [0.2, 0.25) is 14.8 Å². The molecule has 0 bridgehead atoms. The molecule has 0 spiro atoms. The van der Waals surface area contributed by atoms with Crippen molar-refractivity contribution in [1.29, 1.82) is 0 Å². The van der Waals surface area contributed by atoms with E-state index < -0.39 is 25.7 Å². The van der Waals surface area contributed by atoms with E-state index in [1.165, 1.54) is 0 Å². The minimum absolute atomic E-state index is 0.543. The molecule has 0 aliphatic heterocycles. The van der Waals surface area contributed by atoms with Gasteiger partial charge in [0.1, 0.15) is 0 Å². The molecular formula is C5H13O2Sn. The number of carboxylic acids is 1. The van der Waals surface area contributed by atoms with Gasteiger partial charge in [0, 0.05) is 6.92 Å². The topological polar surface area (TPSA) is 37.3 Å². The first-order valence-corrected chi connectivity index (χ1v) is 11.0. The Morgan fingerprint density at radius 1 is 1.38 bits per heavy atom. The summed E-state index contributed by atoms with van der Waals surface area (Å²) in [5.41, 5.74) is 0. The van der Waals surface area contributed by atoms with E-state index in [-0.39, 0.29) is 0 Å². The van der Waals surface area contributed by atoms with Crippen molar-refractivity contribution in [2.45, 2.75) is 21.7 Å². The van der Waals surface area contributed by atoms with Crippen molar-refractivity contribution in [2.24, 2.45) is 0 Å². The molecule has 0 atom stereocenters. The SMILES string of the molecule is CC(=O)O.[CH3][Sn]([CH3])[CH3]. The van der Waals surface area contributed by atoms with Crippen LogP contribution in [0.4, 0.5) is 0 Å². The van der Waals surface area contributed by atoms with Crippen molar-refractivity contribution in [1.82, 2.24) is 0 Å². The average molecular weight is 224 g/mol. The second-order valence-corrected chi connectivity index (χ2v) is 10.6. The summed E-state index contributed by atoms with van der Waals surface area (Å²) < 4.78 is 0. The van der Waals surface area contributed by atoms with Gasteiger partial charge in [-0.15, -0.1) is 0 Å². The van der Waals surface area contributed by atoms with Gasteiger partial charge in [0.25, 0.3) is 5.97 Å². The fourth-order valence-electron chi connectivity index (χ4n) is 0. The number of hydrogen-bond acceptors (Lipinski definition) is 1. The summed E-state index contributed by atoms with van der Waals surface area (Å²) in [5.74, 6) is -0.833. The number of carbonyl (C=O) groups is 1. The Balaban J connectivity index is 0. The molecule has 0 amide bonds.